The summed E-state index contributed by atoms with van der Waals surface area (Å²) in [6, 6.07) is 1.11. The predicted molar refractivity (Wildman–Crippen MR) is 65.5 cm³/mol. The number of aromatic nitrogens is 2. The summed E-state index contributed by atoms with van der Waals surface area (Å²) in [6.07, 6.45) is -1.57. The molecule has 1 aliphatic heterocycles. The molecule has 2 rings (SSSR count). The quantitative estimate of drug-likeness (QED) is 0.725. The summed E-state index contributed by atoms with van der Waals surface area (Å²) in [5.41, 5.74) is -1.29. The monoisotopic (exact) mass is 308 g/mol. The maximum Gasteiger partial charge on any atom is 0.330 e. The molecule has 0 bridgehead atoms. The van der Waals surface area contributed by atoms with Gasteiger partial charge in [0.1, 0.15) is 18.5 Å². The largest absolute Gasteiger partial charge is 0.349 e. The molecule has 1 N–H and O–H groups in total. The maximum absolute atomic E-state index is 13.7. The lowest BCUT2D eigenvalue weighted by molar-refractivity contribution is -0.0295. The average molecular weight is 308 g/mol. The smallest absolute Gasteiger partial charge is 0.330 e. The molecule has 0 radical (unpaired) electrons. The van der Waals surface area contributed by atoms with Crippen LogP contribution in [0.1, 0.15) is 12.6 Å². The van der Waals surface area contributed by atoms with E-state index in [0.29, 0.717) is 0 Å². The van der Waals surface area contributed by atoms with Gasteiger partial charge >= 0.3 is 5.69 Å². The molecule has 112 valence electrons. The summed E-state index contributed by atoms with van der Waals surface area (Å²) in [5.74, 6) is 0. The van der Waals surface area contributed by atoms with Gasteiger partial charge in [0.05, 0.1) is 12.9 Å². The molecule has 1 fully saturated rings. The fourth-order valence-corrected chi connectivity index (χ4v) is 2.24. The lowest BCUT2D eigenvalue weighted by atomic mass is 10.2. The Bertz CT molecular complexity index is 696. The van der Waals surface area contributed by atoms with Crippen molar-refractivity contribution in [3.05, 3.63) is 33.1 Å². The second-order valence-corrected chi connectivity index (χ2v) is 6.03. The second kappa shape index (κ2) is 5.46. The van der Waals surface area contributed by atoms with Crippen molar-refractivity contribution in [3.8, 4) is 0 Å². The molecule has 0 aromatic carbocycles. The SMILES string of the molecule is CS(=O)(=O)OC[C@H]1O[C@@H](n2ccc(=O)[nH]c2=O)C[C@@H]1F. The van der Waals surface area contributed by atoms with Gasteiger partial charge in [-0.25, -0.2) is 9.18 Å². The zero-order valence-electron chi connectivity index (χ0n) is 10.5. The number of nitrogens with zero attached hydrogens (tertiary/aromatic N) is 1. The zero-order valence-corrected chi connectivity index (χ0v) is 11.3. The van der Waals surface area contributed by atoms with Gasteiger partial charge in [0, 0.05) is 18.7 Å². The first-order chi connectivity index (χ1) is 9.26. The zero-order chi connectivity index (χ0) is 14.9. The van der Waals surface area contributed by atoms with E-state index in [1.54, 1.807) is 0 Å². The van der Waals surface area contributed by atoms with Crippen LogP contribution in [0.5, 0.6) is 0 Å². The number of hydrogen-bond donors (Lipinski definition) is 1. The highest BCUT2D eigenvalue weighted by molar-refractivity contribution is 7.85. The first-order valence-electron chi connectivity index (χ1n) is 5.71. The molecule has 20 heavy (non-hydrogen) atoms. The van der Waals surface area contributed by atoms with Crippen molar-refractivity contribution >= 4 is 10.1 Å². The van der Waals surface area contributed by atoms with Crippen LogP contribution in [0.2, 0.25) is 0 Å². The fourth-order valence-electron chi connectivity index (χ4n) is 1.85. The molecule has 1 aromatic heterocycles. The van der Waals surface area contributed by atoms with E-state index in [0.717, 1.165) is 16.9 Å². The molecule has 1 aromatic rings. The number of rotatable bonds is 4. The standard InChI is InChI=1S/C10H13FN2O6S/c1-20(16,17)18-5-7-6(11)4-9(19-7)13-3-2-8(14)12-10(13)15/h2-3,6-7,9H,4-5H2,1H3,(H,12,14,15)/t6-,7+,9+/m0/s1. The van der Waals surface area contributed by atoms with E-state index in [-0.39, 0.29) is 6.42 Å². The third-order valence-electron chi connectivity index (χ3n) is 2.77. The molecule has 0 amide bonds. The Morgan fingerprint density at radius 3 is 2.85 bits per heavy atom. The van der Waals surface area contributed by atoms with Gasteiger partial charge in [0.2, 0.25) is 0 Å². The van der Waals surface area contributed by atoms with Crippen molar-refractivity contribution < 1.29 is 21.7 Å². The molecular weight excluding hydrogens is 295 g/mol. The van der Waals surface area contributed by atoms with E-state index in [9.17, 15) is 22.4 Å². The molecule has 10 heteroatoms. The summed E-state index contributed by atoms with van der Waals surface area (Å²) in [4.78, 5) is 24.5. The van der Waals surface area contributed by atoms with Crippen LogP contribution in [-0.2, 0) is 19.0 Å². The molecule has 1 aliphatic rings. The van der Waals surface area contributed by atoms with Gasteiger partial charge in [0.15, 0.2) is 0 Å². The summed E-state index contributed by atoms with van der Waals surface area (Å²) in [6.45, 7) is -0.464. The predicted octanol–water partition coefficient (Wildman–Crippen LogP) is -0.862. The van der Waals surface area contributed by atoms with Crippen molar-refractivity contribution in [1.29, 1.82) is 0 Å². The third-order valence-corrected chi connectivity index (χ3v) is 3.33. The Balaban J connectivity index is 2.10. The highest BCUT2D eigenvalue weighted by atomic mass is 32.2. The summed E-state index contributed by atoms with van der Waals surface area (Å²) < 4.78 is 46.2. The van der Waals surface area contributed by atoms with E-state index >= 15 is 0 Å². The minimum Gasteiger partial charge on any atom is -0.349 e. The van der Waals surface area contributed by atoms with Crippen LogP contribution in [-0.4, -0.2) is 43.1 Å². The van der Waals surface area contributed by atoms with Crippen molar-refractivity contribution in [3.63, 3.8) is 0 Å². The lowest BCUT2D eigenvalue weighted by Crippen LogP contribution is -2.32. The maximum atomic E-state index is 13.7. The normalized spacial score (nSPS) is 26.8. The molecule has 0 saturated carbocycles. The van der Waals surface area contributed by atoms with E-state index in [4.69, 9.17) is 4.74 Å². The van der Waals surface area contributed by atoms with Gasteiger partial charge in [0.25, 0.3) is 15.7 Å². The molecule has 8 nitrogen and oxygen atoms in total. The number of hydrogen-bond acceptors (Lipinski definition) is 6. The van der Waals surface area contributed by atoms with Gasteiger partial charge in [-0.2, -0.15) is 8.42 Å². The van der Waals surface area contributed by atoms with Crippen LogP contribution in [0.15, 0.2) is 21.9 Å². The van der Waals surface area contributed by atoms with Crippen molar-refractivity contribution in [2.75, 3.05) is 12.9 Å². The Labute approximate surface area is 113 Å². The van der Waals surface area contributed by atoms with Crippen LogP contribution in [0.3, 0.4) is 0 Å². The van der Waals surface area contributed by atoms with Crippen LogP contribution in [0.4, 0.5) is 4.39 Å². The second-order valence-electron chi connectivity index (χ2n) is 4.39. The van der Waals surface area contributed by atoms with Gasteiger partial charge in [-0.1, -0.05) is 0 Å². The molecule has 0 aliphatic carbocycles. The minimum absolute atomic E-state index is 0.135. The average Bonchev–Trinajstić information content (AvgIpc) is 2.67. The van der Waals surface area contributed by atoms with Crippen molar-refractivity contribution in [2.24, 2.45) is 0 Å². The fraction of sp³-hybridized carbons (Fsp3) is 0.600. The number of aromatic amines is 1. The van der Waals surface area contributed by atoms with Crippen molar-refractivity contribution in [1.82, 2.24) is 9.55 Å². The molecule has 1 saturated heterocycles. The highest BCUT2D eigenvalue weighted by Crippen LogP contribution is 2.30. The van der Waals surface area contributed by atoms with Gasteiger partial charge in [-0.05, 0) is 0 Å². The van der Waals surface area contributed by atoms with Crippen LogP contribution in [0, 0.1) is 0 Å². The van der Waals surface area contributed by atoms with Gasteiger partial charge in [-0.15, -0.1) is 0 Å². The summed E-state index contributed by atoms with van der Waals surface area (Å²) in [7, 11) is -3.69. The van der Waals surface area contributed by atoms with E-state index in [1.807, 2.05) is 4.98 Å². The van der Waals surface area contributed by atoms with Gasteiger partial charge < -0.3 is 4.74 Å². The number of alkyl halides is 1. The Morgan fingerprint density at radius 2 is 2.25 bits per heavy atom. The molecular formula is C10H13FN2O6S. The van der Waals surface area contributed by atoms with E-state index < -0.39 is 46.5 Å². The van der Waals surface area contributed by atoms with E-state index in [2.05, 4.69) is 4.18 Å². The lowest BCUT2D eigenvalue weighted by Gasteiger charge is -2.14. The number of H-pyrrole nitrogens is 1. The summed E-state index contributed by atoms with van der Waals surface area (Å²) in [5, 5.41) is 0. The topological polar surface area (TPSA) is 107 Å². The Morgan fingerprint density at radius 1 is 1.55 bits per heavy atom. The van der Waals surface area contributed by atoms with E-state index in [1.165, 1.54) is 6.20 Å². The molecule has 2 heterocycles. The van der Waals surface area contributed by atoms with Crippen LogP contribution in [0.25, 0.3) is 0 Å². The van der Waals surface area contributed by atoms with Crippen molar-refractivity contribution in [2.45, 2.75) is 24.9 Å². The number of ether oxygens (including phenoxy) is 1. The summed E-state index contributed by atoms with van der Waals surface area (Å²) >= 11 is 0. The Hall–Kier alpha value is -1.52. The minimum atomic E-state index is -3.69. The number of halogens is 1. The van der Waals surface area contributed by atoms with Gasteiger partial charge in [-0.3, -0.25) is 18.5 Å². The number of nitrogens with one attached hydrogen (secondary N) is 1. The first-order valence-corrected chi connectivity index (χ1v) is 7.53. The third kappa shape index (κ3) is 3.52. The molecule has 0 spiro atoms. The molecule has 0 unspecified atom stereocenters. The van der Waals surface area contributed by atoms with Crippen LogP contribution < -0.4 is 11.2 Å². The highest BCUT2D eigenvalue weighted by Gasteiger charge is 2.37. The Kier molecular flexibility index (Phi) is 4.06. The van der Waals surface area contributed by atoms with Crippen LogP contribution >= 0.6 is 0 Å². The first kappa shape index (κ1) is 14.9. The molecule has 3 atom stereocenters.